The van der Waals surface area contributed by atoms with Gasteiger partial charge in [0.05, 0.1) is 7.11 Å². The molecule has 0 aliphatic rings. The van der Waals surface area contributed by atoms with Crippen LogP contribution in [0.1, 0.15) is 21.5 Å². The zero-order chi connectivity index (χ0) is 16.1. The predicted octanol–water partition coefficient (Wildman–Crippen LogP) is 3.13. The summed E-state index contributed by atoms with van der Waals surface area (Å²) < 4.78 is 16.5. The molecule has 0 aliphatic carbocycles. The lowest BCUT2D eigenvalue weighted by atomic mass is 10.1. The number of methoxy groups -OCH3 is 1. The van der Waals surface area contributed by atoms with Gasteiger partial charge in [0.15, 0.2) is 0 Å². The van der Waals surface area contributed by atoms with E-state index in [4.69, 9.17) is 4.74 Å². The number of hydrogen-bond acceptors (Lipinski definition) is 3. The summed E-state index contributed by atoms with van der Waals surface area (Å²) in [6.45, 7) is 1.92. The van der Waals surface area contributed by atoms with E-state index in [1.54, 1.807) is 37.6 Å². The molecule has 0 bridgehead atoms. The Morgan fingerprint density at radius 2 is 2.00 bits per heavy atom. The number of hydrogen-bond donors (Lipinski definition) is 1. The van der Waals surface area contributed by atoms with Crippen LogP contribution in [0, 0.1) is 6.92 Å². The molecule has 1 atom stereocenters. The third kappa shape index (κ3) is 4.18. The van der Waals surface area contributed by atoms with E-state index < -0.39 is 10.8 Å². The Balaban J connectivity index is 2.15. The van der Waals surface area contributed by atoms with Crippen LogP contribution >= 0.6 is 0 Å². The maximum atomic E-state index is 12.3. The van der Waals surface area contributed by atoms with Gasteiger partial charge in [-0.15, -0.1) is 0 Å². The Morgan fingerprint density at radius 3 is 2.64 bits per heavy atom. The van der Waals surface area contributed by atoms with E-state index >= 15 is 0 Å². The molecule has 0 fully saturated rings. The zero-order valence-electron chi connectivity index (χ0n) is 12.9. The van der Waals surface area contributed by atoms with Crippen molar-refractivity contribution in [3.63, 3.8) is 0 Å². The second kappa shape index (κ2) is 7.22. The van der Waals surface area contributed by atoms with Gasteiger partial charge in [-0.3, -0.25) is 9.00 Å². The number of ether oxygens (including phenoxy) is 1. The largest absolute Gasteiger partial charge is 0.496 e. The van der Waals surface area contributed by atoms with Gasteiger partial charge < -0.3 is 10.1 Å². The molecule has 2 aromatic carbocycles. The van der Waals surface area contributed by atoms with Gasteiger partial charge in [-0.05, 0) is 48.4 Å². The van der Waals surface area contributed by atoms with Crippen LogP contribution in [0.2, 0.25) is 0 Å². The summed E-state index contributed by atoms with van der Waals surface area (Å²) in [6, 6.07) is 12.7. The van der Waals surface area contributed by atoms with Crippen LogP contribution in [0.4, 0.5) is 5.69 Å². The molecule has 22 heavy (non-hydrogen) atoms. The first-order chi connectivity index (χ1) is 10.5. The molecule has 2 aromatic rings. The Hall–Kier alpha value is -2.14. The molecule has 5 heteroatoms. The van der Waals surface area contributed by atoms with Crippen LogP contribution < -0.4 is 10.1 Å². The number of benzene rings is 2. The van der Waals surface area contributed by atoms with Crippen molar-refractivity contribution in [2.75, 3.05) is 18.7 Å². The summed E-state index contributed by atoms with van der Waals surface area (Å²) >= 11 is 0. The first-order valence-corrected chi connectivity index (χ1v) is 8.57. The molecular formula is C17H19NO3S. The van der Waals surface area contributed by atoms with E-state index in [0.29, 0.717) is 17.0 Å². The minimum atomic E-state index is -0.928. The smallest absolute Gasteiger partial charge is 0.255 e. The van der Waals surface area contributed by atoms with E-state index in [0.717, 1.165) is 16.9 Å². The van der Waals surface area contributed by atoms with Gasteiger partial charge in [0.1, 0.15) is 5.75 Å². The average Bonchev–Trinajstić information content (AvgIpc) is 2.47. The summed E-state index contributed by atoms with van der Waals surface area (Å²) in [5.41, 5.74) is 3.11. The lowest BCUT2D eigenvalue weighted by Gasteiger charge is -2.09. The van der Waals surface area contributed by atoms with E-state index in [9.17, 15) is 9.00 Å². The van der Waals surface area contributed by atoms with Gasteiger partial charge in [-0.2, -0.15) is 0 Å². The molecule has 1 N–H and O–H groups in total. The Morgan fingerprint density at radius 1 is 1.23 bits per heavy atom. The number of aryl methyl sites for hydroxylation is 1. The molecular weight excluding hydrogens is 298 g/mol. The highest BCUT2D eigenvalue weighted by molar-refractivity contribution is 7.83. The van der Waals surface area contributed by atoms with Crippen molar-refractivity contribution in [3.05, 3.63) is 59.2 Å². The van der Waals surface area contributed by atoms with Crippen molar-refractivity contribution in [1.82, 2.24) is 0 Å². The molecule has 0 saturated heterocycles. The fourth-order valence-electron chi connectivity index (χ4n) is 2.20. The Bertz CT molecular complexity index is 713. The topological polar surface area (TPSA) is 55.4 Å². The van der Waals surface area contributed by atoms with Crippen molar-refractivity contribution < 1.29 is 13.7 Å². The zero-order valence-corrected chi connectivity index (χ0v) is 13.7. The fourth-order valence-corrected chi connectivity index (χ4v) is 2.85. The van der Waals surface area contributed by atoms with E-state index in [2.05, 4.69) is 5.32 Å². The van der Waals surface area contributed by atoms with Crippen molar-refractivity contribution in [1.29, 1.82) is 0 Å². The minimum Gasteiger partial charge on any atom is -0.496 e. The molecule has 0 radical (unpaired) electrons. The van der Waals surface area contributed by atoms with Crippen LogP contribution in [0.15, 0.2) is 42.5 Å². The lowest BCUT2D eigenvalue weighted by molar-refractivity contribution is 0.102. The molecule has 0 aliphatic heterocycles. The Labute approximate surface area is 133 Å². The minimum absolute atomic E-state index is 0.187. The van der Waals surface area contributed by atoms with E-state index in [-0.39, 0.29) is 5.91 Å². The summed E-state index contributed by atoms with van der Waals surface area (Å²) in [6.07, 6.45) is 1.65. The normalized spacial score (nSPS) is 11.8. The highest BCUT2D eigenvalue weighted by Crippen LogP contribution is 2.22. The molecule has 4 nitrogen and oxygen atoms in total. The highest BCUT2D eigenvalue weighted by atomic mass is 32.2. The van der Waals surface area contributed by atoms with Crippen molar-refractivity contribution >= 4 is 22.4 Å². The first-order valence-electron chi connectivity index (χ1n) is 6.84. The monoisotopic (exact) mass is 317 g/mol. The SMILES string of the molecule is COc1ccc(NC(=O)c2cccc(CS(C)=O)c2)cc1C. The van der Waals surface area contributed by atoms with Crippen molar-refractivity contribution in [2.45, 2.75) is 12.7 Å². The average molecular weight is 317 g/mol. The third-order valence-corrected chi connectivity index (χ3v) is 3.95. The second-order valence-corrected chi connectivity index (χ2v) is 6.49. The number of amides is 1. The van der Waals surface area contributed by atoms with Gasteiger partial charge in [-0.1, -0.05) is 12.1 Å². The van der Waals surface area contributed by atoms with Gasteiger partial charge >= 0.3 is 0 Å². The number of carbonyl (C=O) groups is 1. The molecule has 1 unspecified atom stereocenters. The third-order valence-electron chi connectivity index (χ3n) is 3.21. The molecule has 2 rings (SSSR count). The van der Waals surface area contributed by atoms with Crippen LogP contribution in [0.5, 0.6) is 5.75 Å². The van der Waals surface area contributed by atoms with Gasteiger partial charge in [0.25, 0.3) is 5.91 Å². The van der Waals surface area contributed by atoms with Gasteiger partial charge in [0, 0.05) is 34.1 Å². The Kier molecular flexibility index (Phi) is 5.33. The second-order valence-electron chi connectivity index (χ2n) is 5.06. The molecule has 0 aromatic heterocycles. The maximum absolute atomic E-state index is 12.3. The number of rotatable bonds is 5. The summed E-state index contributed by atoms with van der Waals surface area (Å²) in [5.74, 6) is 1.04. The first kappa shape index (κ1) is 16.2. The standard InChI is InChI=1S/C17H19NO3S/c1-12-9-15(7-8-16(12)21-2)18-17(19)14-6-4-5-13(10-14)11-22(3)20/h4-10H,11H2,1-3H3,(H,18,19). The number of nitrogens with one attached hydrogen (secondary N) is 1. The molecule has 1 amide bonds. The number of anilines is 1. The molecule has 0 heterocycles. The number of carbonyl (C=O) groups excluding carboxylic acids is 1. The molecule has 116 valence electrons. The predicted molar refractivity (Wildman–Crippen MR) is 89.9 cm³/mol. The van der Waals surface area contributed by atoms with Crippen molar-refractivity contribution in [2.24, 2.45) is 0 Å². The summed E-state index contributed by atoms with van der Waals surface area (Å²) in [4.78, 5) is 12.3. The van der Waals surface area contributed by atoms with Crippen LogP contribution in [0.3, 0.4) is 0 Å². The quantitative estimate of drug-likeness (QED) is 0.922. The maximum Gasteiger partial charge on any atom is 0.255 e. The van der Waals surface area contributed by atoms with E-state index in [1.165, 1.54) is 0 Å². The van der Waals surface area contributed by atoms with Crippen LogP contribution in [-0.4, -0.2) is 23.5 Å². The van der Waals surface area contributed by atoms with Crippen LogP contribution in [0.25, 0.3) is 0 Å². The molecule has 0 saturated carbocycles. The highest BCUT2D eigenvalue weighted by Gasteiger charge is 2.08. The molecule has 0 spiro atoms. The summed E-state index contributed by atoms with van der Waals surface area (Å²) in [5, 5.41) is 2.86. The van der Waals surface area contributed by atoms with E-state index in [1.807, 2.05) is 25.1 Å². The fraction of sp³-hybridized carbons (Fsp3) is 0.235. The van der Waals surface area contributed by atoms with Crippen molar-refractivity contribution in [3.8, 4) is 5.75 Å². The lowest BCUT2D eigenvalue weighted by Crippen LogP contribution is -2.12. The summed E-state index contributed by atoms with van der Waals surface area (Å²) in [7, 11) is 0.686. The van der Waals surface area contributed by atoms with Crippen LogP contribution in [-0.2, 0) is 16.6 Å². The van der Waals surface area contributed by atoms with Gasteiger partial charge in [-0.25, -0.2) is 0 Å². The van der Waals surface area contributed by atoms with Gasteiger partial charge in [0.2, 0.25) is 0 Å².